The highest BCUT2D eigenvalue weighted by molar-refractivity contribution is 7.07. The van der Waals surface area contributed by atoms with E-state index in [2.05, 4.69) is 0 Å². The van der Waals surface area contributed by atoms with Crippen LogP contribution in [0, 0.1) is 0 Å². The summed E-state index contributed by atoms with van der Waals surface area (Å²) < 4.78 is 18.1. The largest absolute Gasteiger partial charge is 0.497 e. The minimum Gasteiger partial charge on any atom is -0.497 e. The molecule has 0 saturated carbocycles. The smallest absolute Gasteiger partial charge is 0.341 e. The lowest BCUT2D eigenvalue weighted by Gasteiger charge is -2.26. The molecule has 1 aliphatic heterocycles. The van der Waals surface area contributed by atoms with Gasteiger partial charge in [0.15, 0.2) is 11.4 Å². The molecular weight excluding hydrogens is 544 g/mol. The van der Waals surface area contributed by atoms with Gasteiger partial charge in [0.1, 0.15) is 11.5 Å². The van der Waals surface area contributed by atoms with Crippen LogP contribution in [0.25, 0.3) is 11.8 Å². The van der Waals surface area contributed by atoms with Crippen LogP contribution in [0.1, 0.15) is 29.7 Å². The van der Waals surface area contributed by atoms with Crippen molar-refractivity contribution in [1.29, 1.82) is 0 Å². The van der Waals surface area contributed by atoms with Gasteiger partial charge in [-0.15, -0.1) is 0 Å². The van der Waals surface area contributed by atoms with E-state index < -0.39 is 24.6 Å². The molecule has 1 aromatic heterocycles. The molecule has 0 aliphatic carbocycles. The van der Waals surface area contributed by atoms with E-state index in [1.165, 1.54) is 15.9 Å². The third-order valence-corrected chi connectivity index (χ3v) is 7.31. The Balaban J connectivity index is 1.72. The van der Waals surface area contributed by atoms with Gasteiger partial charge in [0.05, 0.1) is 35.6 Å². The van der Waals surface area contributed by atoms with Gasteiger partial charge in [0.25, 0.3) is 5.56 Å². The highest BCUT2D eigenvalue weighted by atomic mass is 32.1. The summed E-state index contributed by atoms with van der Waals surface area (Å²) in [5.74, 6) is -0.654. The van der Waals surface area contributed by atoms with Crippen molar-refractivity contribution < 1.29 is 28.9 Å². The number of carboxylic acid groups (broad SMARTS) is 1. The van der Waals surface area contributed by atoms with Gasteiger partial charge in [-0.05, 0) is 48.4 Å². The number of aromatic nitrogens is 1. The third kappa shape index (κ3) is 5.82. The average molecular weight is 571 g/mol. The van der Waals surface area contributed by atoms with Gasteiger partial charge >= 0.3 is 11.9 Å². The van der Waals surface area contributed by atoms with E-state index in [1.807, 2.05) is 42.5 Å². The Bertz CT molecular complexity index is 1810. The quantitative estimate of drug-likeness (QED) is 0.307. The molecule has 4 aromatic rings. The molecule has 0 unspecified atom stereocenters. The zero-order chi connectivity index (χ0) is 28.9. The number of carbonyl (C=O) groups is 2. The fraction of sp³-hybridized carbons (Fsp3) is 0.161. The normalized spacial score (nSPS) is 14.7. The number of methoxy groups -OCH3 is 1. The monoisotopic (exact) mass is 570 g/mol. The zero-order valence-corrected chi connectivity index (χ0v) is 23.1. The van der Waals surface area contributed by atoms with E-state index in [-0.39, 0.29) is 17.7 Å². The Labute approximate surface area is 238 Å². The molecule has 10 heteroatoms. The Morgan fingerprint density at radius 2 is 1.78 bits per heavy atom. The van der Waals surface area contributed by atoms with Crippen molar-refractivity contribution in [2.45, 2.75) is 13.0 Å². The van der Waals surface area contributed by atoms with Crippen LogP contribution < -0.4 is 24.4 Å². The van der Waals surface area contributed by atoms with Crippen LogP contribution in [0.5, 0.6) is 11.5 Å². The van der Waals surface area contributed by atoms with Gasteiger partial charge in [-0.1, -0.05) is 65.9 Å². The van der Waals surface area contributed by atoms with E-state index >= 15 is 0 Å². The minimum absolute atomic E-state index is 0.159. The van der Waals surface area contributed by atoms with E-state index in [1.54, 1.807) is 56.5 Å². The van der Waals surface area contributed by atoms with Crippen LogP contribution in [0.15, 0.2) is 94.2 Å². The topological polar surface area (TPSA) is 116 Å². The average Bonchev–Trinajstić information content (AvgIpc) is 3.30. The number of carboxylic acids is 1. The first-order valence-electron chi connectivity index (χ1n) is 12.8. The summed E-state index contributed by atoms with van der Waals surface area (Å²) in [5, 5.41) is 8.83. The van der Waals surface area contributed by atoms with Gasteiger partial charge in [-0.25, -0.2) is 14.6 Å². The third-order valence-electron chi connectivity index (χ3n) is 6.32. The fourth-order valence-corrected chi connectivity index (χ4v) is 5.53. The maximum absolute atomic E-state index is 14.0. The lowest BCUT2D eigenvalue weighted by molar-refractivity contribution is -0.140. The number of thiazole rings is 1. The van der Waals surface area contributed by atoms with Gasteiger partial charge in [-0.2, -0.15) is 0 Å². The highest BCUT2D eigenvalue weighted by Crippen LogP contribution is 2.36. The molecular formula is C31H26N2O7S. The van der Waals surface area contributed by atoms with E-state index in [0.29, 0.717) is 37.7 Å². The Kier molecular flexibility index (Phi) is 8.11. The van der Waals surface area contributed by atoms with Crippen molar-refractivity contribution >= 4 is 35.0 Å². The number of aliphatic carboxylic acids is 1. The molecule has 0 amide bonds. The molecule has 0 bridgehead atoms. The molecule has 0 radical (unpaired) electrons. The number of nitrogens with zero attached hydrogens (tertiary/aromatic N) is 2. The highest BCUT2D eigenvalue weighted by Gasteiger charge is 2.35. The first-order chi connectivity index (χ1) is 19.9. The number of benzene rings is 3. The molecule has 3 aromatic carbocycles. The molecule has 208 valence electrons. The van der Waals surface area contributed by atoms with Crippen LogP contribution in [0.3, 0.4) is 0 Å². The van der Waals surface area contributed by atoms with Crippen molar-refractivity contribution in [3.63, 3.8) is 0 Å². The first kappa shape index (κ1) is 27.6. The first-order valence-corrected chi connectivity index (χ1v) is 13.6. The second-order valence-electron chi connectivity index (χ2n) is 8.96. The molecule has 1 N–H and O–H groups in total. The number of hydrogen-bond acceptors (Lipinski definition) is 8. The number of ether oxygens (including phenoxy) is 3. The molecule has 0 saturated heterocycles. The van der Waals surface area contributed by atoms with Crippen molar-refractivity contribution in [1.82, 2.24) is 4.57 Å². The van der Waals surface area contributed by atoms with Gasteiger partial charge in [-0.3, -0.25) is 9.36 Å². The van der Waals surface area contributed by atoms with Crippen LogP contribution >= 0.6 is 11.3 Å². The second kappa shape index (κ2) is 12.1. The van der Waals surface area contributed by atoms with Crippen molar-refractivity contribution in [3.05, 3.63) is 121 Å². The summed E-state index contributed by atoms with van der Waals surface area (Å²) in [4.78, 5) is 43.5. The zero-order valence-electron chi connectivity index (χ0n) is 22.3. The molecule has 5 rings (SSSR count). The Morgan fingerprint density at radius 1 is 1.02 bits per heavy atom. The predicted molar refractivity (Wildman–Crippen MR) is 154 cm³/mol. The van der Waals surface area contributed by atoms with Gasteiger partial charge < -0.3 is 19.3 Å². The van der Waals surface area contributed by atoms with Gasteiger partial charge in [0.2, 0.25) is 0 Å². The second-order valence-corrected chi connectivity index (χ2v) is 9.97. The Morgan fingerprint density at radius 3 is 2.46 bits per heavy atom. The number of fused-ring (bicyclic) bond motifs is 1. The SMILES string of the molecule is CCOC(=O)C1=C(c2ccccc2)N=c2s/c(=C\c3ccc(OCC(=O)O)cc3)c(=O)n2[C@H]1c1cccc(OC)c1. The van der Waals surface area contributed by atoms with Crippen LogP contribution in [-0.2, 0) is 14.3 Å². The maximum atomic E-state index is 14.0. The molecule has 1 aliphatic rings. The van der Waals surface area contributed by atoms with E-state index in [0.717, 1.165) is 5.56 Å². The predicted octanol–water partition coefficient (Wildman–Crippen LogP) is 3.41. The lowest BCUT2D eigenvalue weighted by Crippen LogP contribution is -2.40. The summed E-state index contributed by atoms with van der Waals surface area (Å²) in [6.45, 7) is 1.44. The number of carbonyl (C=O) groups excluding carboxylic acids is 1. The standard InChI is InChI=1S/C31H26N2O7S/c1-3-39-30(37)26-27(20-8-5-4-6-9-20)32-31-33(28(26)21-10-7-11-23(17-21)38-2)29(36)24(41-31)16-19-12-14-22(15-13-19)40-18-25(34)35/h4-17,28H,3,18H2,1-2H3,(H,34,35)/b24-16-/t28-/m0/s1. The van der Waals surface area contributed by atoms with Gasteiger partial charge in [0, 0.05) is 5.56 Å². The number of esters is 1. The molecule has 41 heavy (non-hydrogen) atoms. The summed E-state index contributed by atoms with van der Waals surface area (Å²) >= 11 is 1.21. The molecule has 0 fully saturated rings. The molecule has 1 atom stereocenters. The van der Waals surface area contributed by atoms with Crippen LogP contribution in [0.4, 0.5) is 0 Å². The maximum Gasteiger partial charge on any atom is 0.341 e. The summed E-state index contributed by atoms with van der Waals surface area (Å²) in [6.07, 6.45) is 1.73. The lowest BCUT2D eigenvalue weighted by atomic mass is 9.93. The van der Waals surface area contributed by atoms with Crippen molar-refractivity contribution in [3.8, 4) is 11.5 Å². The summed E-state index contributed by atoms with van der Waals surface area (Å²) in [6, 6.07) is 22.5. The van der Waals surface area contributed by atoms with Crippen LogP contribution in [0.2, 0.25) is 0 Å². The van der Waals surface area contributed by atoms with Crippen molar-refractivity contribution in [2.24, 2.45) is 4.99 Å². The van der Waals surface area contributed by atoms with Crippen LogP contribution in [-0.4, -0.2) is 41.9 Å². The summed E-state index contributed by atoms with van der Waals surface area (Å²) in [7, 11) is 1.56. The number of rotatable bonds is 9. The molecule has 9 nitrogen and oxygen atoms in total. The number of hydrogen-bond donors (Lipinski definition) is 1. The molecule has 0 spiro atoms. The fourth-order valence-electron chi connectivity index (χ4n) is 4.52. The molecule has 2 heterocycles. The van der Waals surface area contributed by atoms with E-state index in [9.17, 15) is 14.4 Å². The van der Waals surface area contributed by atoms with Crippen molar-refractivity contribution in [2.75, 3.05) is 20.3 Å². The summed E-state index contributed by atoms with van der Waals surface area (Å²) in [5.41, 5.74) is 2.47. The Hall–Kier alpha value is -4.96. The minimum atomic E-state index is -1.07. The van der Waals surface area contributed by atoms with E-state index in [4.69, 9.17) is 24.3 Å².